The maximum atomic E-state index is 13.0. The standard InChI is InChI=1S/C27H29ClN2O2/c1-20-19-24(13-14-25(20)28)32-21(2)27(31)30-17-15-29(16-18-30)26(22-9-5-3-6-10-22)23-11-7-4-8-12-23/h3-14,19,21,26H,15-18H2,1-2H3/t21-/m1/s1. The molecule has 3 aromatic carbocycles. The molecule has 1 aliphatic heterocycles. The van der Waals surface area contributed by atoms with E-state index in [0.717, 1.165) is 18.7 Å². The summed E-state index contributed by atoms with van der Waals surface area (Å²) in [4.78, 5) is 17.4. The van der Waals surface area contributed by atoms with Gasteiger partial charge in [0.15, 0.2) is 6.10 Å². The molecule has 4 rings (SSSR count). The molecule has 1 fully saturated rings. The van der Waals surface area contributed by atoms with Crippen molar-refractivity contribution in [1.82, 2.24) is 9.80 Å². The Bertz CT molecular complexity index is 995. The van der Waals surface area contributed by atoms with E-state index in [4.69, 9.17) is 16.3 Å². The van der Waals surface area contributed by atoms with Crippen molar-refractivity contribution in [3.63, 3.8) is 0 Å². The molecule has 0 saturated carbocycles. The van der Waals surface area contributed by atoms with Gasteiger partial charge in [-0.05, 0) is 48.7 Å². The summed E-state index contributed by atoms with van der Waals surface area (Å²) in [6.45, 7) is 6.73. The van der Waals surface area contributed by atoms with Gasteiger partial charge in [-0.25, -0.2) is 0 Å². The van der Waals surface area contributed by atoms with Crippen molar-refractivity contribution in [2.75, 3.05) is 26.2 Å². The zero-order valence-corrected chi connectivity index (χ0v) is 19.3. The van der Waals surface area contributed by atoms with Crippen LogP contribution in [0.5, 0.6) is 5.75 Å². The first-order valence-electron chi connectivity index (χ1n) is 11.1. The lowest BCUT2D eigenvalue weighted by Gasteiger charge is -2.40. The minimum absolute atomic E-state index is 0.0215. The molecule has 1 heterocycles. The molecular weight excluding hydrogens is 420 g/mol. The number of hydrogen-bond donors (Lipinski definition) is 0. The maximum absolute atomic E-state index is 13.0. The zero-order chi connectivity index (χ0) is 22.5. The van der Waals surface area contributed by atoms with E-state index in [0.29, 0.717) is 23.9 Å². The van der Waals surface area contributed by atoms with Crippen LogP contribution in [-0.2, 0) is 4.79 Å². The Morgan fingerprint density at radius 2 is 1.44 bits per heavy atom. The second kappa shape index (κ2) is 10.2. The average molecular weight is 449 g/mol. The molecule has 1 atom stereocenters. The lowest BCUT2D eigenvalue weighted by Crippen LogP contribution is -2.52. The molecule has 32 heavy (non-hydrogen) atoms. The summed E-state index contributed by atoms with van der Waals surface area (Å²) in [5.74, 6) is 0.688. The highest BCUT2D eigenvalue weighted by molar-refractivity contribution is 6.31. The molecule has 0 unspecified atom stereocenters. The Hall–Kier alpha value is -2.82. The summed E-state index contributed by atoms with van der Waals surface area (Å²) < 4.78 is 5.91. The fourth-order valence-electron chi connectivity index (χ4n) is 4.29. The van der Waals surface area contributed by atoms with Crippen molar-refractivity contribution < 1.29 is 9.53 Å². The Morgan fingerprint density at radius 1 is 0.875 bits per heavy atom. The number of carbonyl (C=O) groups is 1. The monoisotopic (exact) mass is 448 g/mol. The van der Waals surface area contributed by atoms with Gasteiger partial charge in [0.1, 0.15) is 5.75 Å². The van der Waals surface area contributed by atoms with E-state index < -0.39 is 6.10 Å². The summed E-state index contributed by atoms with van der Waals surface area (Å²) in [7, 11) is 0. The Morgan fingerprint density at radius 3 is 1.97 bits per heavy atom. The van der Waals surface area contributed by atoms with Crippen molar-refractivity contribution >= 4 is 17.5 Å². The Kier molecular flexibility index (Phi) is 7.13. The molecule has 0 spiro atoms. The SMILES string of the molecule is Cc1cc(O[C@H](C)C(=O)N2CCN(C(c3ccccc3)c3ccccc3)CC2)ccc1Cl. The van der Waals surface area contributed by atoms with Crippen LogP contribution in [0, 0.1) is 6.92 Å². The van der Waals surface area contributed by atoms with Gasteiger partial charge in [0.25, 0.3) is 5.91 Å². The largest absolute Gasteiger partial charge is 0.481 e. The highest BCUT2D eigenvalue weighted by Crippen LogP contribution is 2.29. The van der Waals surface area contributed by atoms with Crippen LogP contribution in [0.3, 0.4) is 0 Å². The van der Waals surface area contributed by atoms with Crippen molar-refractivity contribution in [3.05, 3.63) is 101 Å². The molecule has 3 aromatic rings. The predicted molar refractivity (Wildman–Crippen MR) is 129 cm³/mol. The number of rotatable bonds is 6. The first kappa shape index (κ1) is 22.4. The van der Waals surface area contributed by atoms with Gasteiger partial charge < -0.3 is 9.64 Å². The summed E-state index contributed by atoms with van der Waals surface area (Å²) in [5, 5.41) is 0.693. The second-order valence-corrected chi connectivity index (χ2v) is 8.66. The van der Waals surface area contributed by atoms with E-state index in [1.54, 1.807) is 12.1 Å². The molecule has 0 aliphatic carbocycles. The number of halogens is 1. The van der Waals surface area contributed by atoms with Crippen LogP contribution < -0.4 is 4.74 Å². The topological polar surface area (TPSA) is 32.8 Å². The van der Waals surface area contributed by atoms with Gasteiger partial charge in [-0.2, -0.15) is 0 Å². The molecule has 0 radical (unpaired) electrons. The van der Waals surface area contributed by atoms with Crippen LogP contribution >= 0.6 is 11.6 Å². The lowest BCUT2D eigenvalue weighted by atomic mass is 9.96. The quantitative estimate of drug-likeness (QED) is 0.509. The normalized spacial score (nSPS) is 15.6. The van der Waals surface area contributed by atoms with Crippen LogP contribution in [0.1, 0.15) is 29.7 Å². The molecule has 1 aliphatic rings. The number of benzene rings is 3. The van der Waals surface area contributed by atoms with Gasteiger partial charge in [0.05, 0.1) is 6.04 Å². The molecule has 1 amide bonds. The summed E-state index contributed by atoms with van der Waals surface area (Å²) in [6.07, 6.45) is -0.541. The van der Waals surface area contributed by atoms with Gasteiger partial charge >= 0.3 is 0 Å². The van der Waals surface area contributed by atoms with E-state index in [9.17, 15) is 4.79 Å². The number of carbonyl (C=O) groups excluding carboxylic acids is 1. The third-order valence-corrected chi connectivity index (χ3v) is 6.44. The van der Waals surface area contributed by atoms with Crippen LogP contribution in [0.4, 0.5) is 0 Å². The summed E-state index contributed by atoms with van der Waals surface area (Å²) in [6, 6.07) is 26.8. The highest BCUT2D eigenvalue weighted by Gasteiger charge is 2.30. The van der Waals surface area contributed by atoms with Crippen LogP contribution in [0.25, 0.3) is 0 Å². The molecule has 0 bridgehead atoms. The van der Waals surface area contributed by atoms with Crippen molar-refractivity contribution in [1.29, 1.82) is 0 Å². The van der Waals surface area contributed by atoms with Gasteiger partial charge in [-0.3, -0.25) is 9.69 Å². The predicted octanol–water partition coefficient (Wildman–Crippen LogP) is 5.35. The summed E-state index contributed by atoms with van der Waals surface area (Å²) in [5.41, 5.74) is 3.48. The number of nitrogens with zero attached hydrogens (tertiary/aromatic N) is 2. The first-order valence-corrected chi connectivity index (χ1v) is 11.5. The average Bonchev–Trinajstić information content (AvgIpc) is 2.83. The number of amides is 1. The number of hydrogen-bond acceptors (Lipinski definition) is 3. The Balaban J connectivity index is 1.41. The van der Waals surface area contributed by atoms with Crippen molar-refractivity contribution in [2.24, 2.45) is 0 Å². The fraction of sp³-hybridized carbons (Fsp3) is 0.296. The molecule has 1 saturated heterocycles. The minimum atomic E-state index is -0.541. The minimum Gasteiger partial charge on any atom is -0.481 e. The highest BCUT2D eigenvalue weighted by atomic mass is 35.5. The number of piperazine rings is 1. The van der Waals surface area contributed by atoms with E-state index in [1.807, 2.05) is 36.9 Å². The molecule has 166 valence electrons. The third kappa shape index (κ3) is 5.14. The van der Waals surface area contributed by atoms with Crippen LogP contribution in [0.15, 0.2) is 78.9 Å². The maximum Gasteiger partial charge on any atom is 0.263 e. The van der Waals surface area contributed by atoms with Crippen LogP contribution in [-0.4, -0.2) is 48.0 Å². The first-order chi connectivity index (χ1) is 15.5. The molecular formula is C27H29ClN2O2. The number of ether oxygens (including phenoxy) is 1. The van der Waals surface area contributed by atoms with Crippen LogP contribution in [0.2, 0.25) is 5.02 Å². The van der Waals surface area contributed by atoms with Gasteiger partial charge in [0.2, 0.25) is 0 Å². The van der Waals surface area contributed by atoms with E-state index in [-0.39, 0.29) is 11.9 Å². The van der Waals surface area contributed by atoms with Gasteiger partial charge in [-0.15, -0.1) is 0 Å². The second-order valence-electron chi connectivity index (χ2n) is 8.26. The van der Waals surface area contributed by atoms with E-state index in [2.05, 4.69) is 53.4 Å². The smallest absolute Gasteiger partial charge is 0.263 e. The summed E-state index contributed by atoms with van der Waals surface area (Å²) >= 11 is 6.09. The van der Waals surface area contributed by atoms with Crippen molar-refractivity contribution in [3.8, 4) is 5.75 Å². The molecule has 5 heteroatoms. The van der Waals surface area contributed by atoms with Gasteiger partial charge in [-0.1, -0.05) is 72.3 Å². The van der Waals surface area contributed by atoms with E-state index >= 15 is 0 Å². The fourth-order valence-corrected chi connectivity index (χ4v) is 4.40. The zero-order valence-electron chi connectivity index (χ0n) is 18.6. The number of aryl methyl sites for hydroxylation is 1. The molecule has 0 aromatic heterocycles. The van der Waals surface area contributed by atoms with E-state index in [1.165, 1.54) is 11.1 Å². The van der Waals surface area contributed by atoms with Gasteiger partial charge in [0, 0.05) is 31.2 Å². The Labute approximate surface area is 195 Å². The lowest BCUT2D eigenvalue weighted by molar-refractivity contribution is -0.140. The molecule has 4 nitrogen and oxygen atoms in total. The third-order valence-electron chi connectivity index (χ3n) is 6.01. The molecule has 0 N–H and O–H groups in total. The van der Waals surface area contributed by atoms with Crippen molar-refractivity contribution in [2.45, 2.75) is 26.0 Å².